The van der Waals surface area contributed by atoms with Crippen LogP contribution in [-0.4, -0.2) is 12.4 Å². The van der Waals surface area contributed by atoms with E-state index in [2.05, 4.69) is 0 Å². The Bertz CT molecular complexity index is 296. The van der Waals surface area contributed by atoms with Gasteiger partial charge in [0.1, 0.15) is 5.75 Å². The minimum absolute atomic E-state index is 0. The van der Waals surface area contributed by atoms with Gasteiger partial charge in [-0.15, -0.1) is 17.0 Å². The maximum Gasteiger partial charge on any atom is 0.169 e. The molecule has 0 unspecified atom stereocenters. The molecule has 2 nitrogen and oxygen atoms in total. The predicted molar refractivity (Wildman–Crippen MR) is 51.2 cm³/mol. The van der Waals surface area contributed by atoms with Gasteiger partial charge in [0.2, 0.25) is 0 Å². The molecule has 0 N–H and O–H groups in total. The summed E-state index contributed by atoms with van der Waals surface area (Å²) in [6.07, 6.45) is 0.511. The number of hydrogen-bond donors (Lipinski definition) is 0. The highest BCUT2D eigenvalue weighted by Gasteiger charge is 2.16. The van der Waals surface area contributed by atoms with Gasteiger partial charge < -0.3 is 4.74 Å². The van der Waals surface area contributed by atoms with E-state index in [4.69, 9.17) is 4.74 Å². The lowest BCUT2D eigenvalue weighted by molar-refractivity contribution is 0.0933. The van der Waals surface area contributed by atoms with Crippen molar-refractivity contribution in [3.05, 3.63) is 29.8 Å². The van der Waals surface area contributed by atoms with E-state index in [0.717, 1.165) is 11.3 Å². The fourth-order valence-corrected chi connectivity index (χ4v) is 1.21. The summed E-state index contributed by atoms with van der Waals surface area (Å²) >= 11 is 0. The van der Waals surface area contributed by atoms with Gasteiger partial charge in [0.25, 0.3) is 0 Å². The Balaban J connectivity index is 0.000000720. The number of carbonyl (C=O) groups excluding carboxylic acids is 1. The number of para-hydroxylation sites is 1. The van der Waals surface area contributed by atoms with Gasteiger partial charge in [0.15, 0.2) is 5.78 Å². The summed E-state index contributed by atoms with van der Waals surface area (Å²) in [5.41, 5.74) is 0.721. The summed E-state index contributed by atoms with van der Waals surface area (Å²) in [5, 5.41) is 0. The highest BCUT2D eigenvalue weighted by molar-refractivity contribution is 8.93. The highest BCUT2D eigenvalue weighted by atomic mass is 79.9. The topological polar surface area (TPSA) is 26.3 Å². The molecule has 0 radical (unpaired) electrons. The van der Waals surface area contributed by atoms with Crippen molar-refractivity contribution in [3.8, 4) is 5.75 Å². The van der Waals surface area contributed by atoms with Gasteiger partial charge in [-0.25, -0.2) is 0 Å². The quantitative estimate of drug-likeness (QED) is 0.681. The number of ether oxygens (including phenoxy) is 1. The maximum atomic E-state index is 11.2. The molecule has 1 aromatic rings. The SMILES string of the molecule is Br.O=C1CCOc2ccccc21. The van der Waals surface area contributed by atoms with Crippen LogP contribution in [0.3, 0.4) is 0 Å². The summed E-state index contributed by atoms with van der Waals surface area (Å²) in [7, 11) is 0. The van der Waals surface area contributed by atoms with Crippen LogP contribution in [0.2, 0.25) is 0 Å². The number of halogens is 1. The predicted octanol–water partition coefficient (Wildman–Crippen LogP) is 2.23. The summed E-state index contributed by atoms with van der Waals surface area (Å²) in [5.74, 6) is 0.913. The van der Waals surface area contributed by atoms with Gasteiger partial charge in [0.05, 0.1) is 12.2 Å². The van der Waals surface area contributed by atoms with Crippen LogP contribution in [0.5, 0.6) is 5.75 Å². The van der Waals surface area contributed by atoms with Crippen LogP contribution in [-0.2, 0) is 0 Å². The van der Waals surface area contributed by atoms with Crippen LogP contribution >= 0.6 is 17.0 Å². The molecule has 1 aliphatic heterocycles. The number of rotatable bonds is 0. The van der Waals surface area contributed by atoms with Gasteiger partial charge in [-0.2, -0.15) is 0 Å². The standard InChI is InChI=1S/C9H8O2.BrH/c10-8-5-6-11-9-4-2-1-3-7(8)9;/h1-4H,5-6H2;1H. The molecule has 0 atom stereocenters. The first-order valence-corrected chi connectivity index (χ1v) is 3.63. The Morgan fingerprint density at radius 3 is 2.75 bits per heavy atom. The van der Waals surface area contributed by atoms with Crippen LogP contribution in [0.15, 0.2) is 24.3 Å². The van der Waals surface area contributed by atoms with Gasteiger partial charge in [-0.05, 0) is 12.1 Å². The lowest BCUT2D eigenvalue weighted by Crippen LogP contribution is -2.14. The molecule has 2 rings (SSSR count). The molecule has 0 spiro atoms. The van der Waals surface area contributed by atoms with Crippen molar-refractivity contribution in [2.24, 2.45) is 0 Å². The van der Waals surface area contributed by atoms with E-state index >= 15 is 0 Å². The molecule has 0 saturated heterocycles. The minimum Gasteiger partial charge on any atom is -0.492 e. The number of fused-ring (bicyclic) bond motifs is 1. The lowest BCUT2D eigenvalue weighted by Gasteiger charge is -2.14. The number of hydrogen-bond acceptors (Lipinski definition) is 2. The van der Waals surface area contributed by atoms with Gasteiger partial charge >= 0.3 is 0 Å². The Morgan fingerprint density at radius 2 is 2.00 bits per heavy atom. The molecule has 0 bridgehead atoms. The monoisotopic (exact) mass is 228 g/mol. The average molecular weight is 229 g/mol. The van der Waals surface area contributed by atoms with Crippen LogP contribution < -0.4 is 4.74 Å². The molecule has 64 valence electrons. The molecular formula is C9H9BrO2. The van der Waals surface area contributed by atoms with Crippen molar-refractivity contribution in [2.75, 3.05) is 6.61 Å². The number of Topliss-reactive ketones (excluding diaryl/α,β-unsaturated/α-hetero) is 1. The Morgan fingerprint density at radius 1 is 1.25 bits per heavy atom. The Labute approximate surface area is 81.3 Å². The molecule has 0 aliphatic carbocycles. The molecule has 0 saturated carbocycles. The second kappa shape index (κ2) is 3.72. The molecule has 12 heavy (non-hydrogen) atoms. The first kappa shape index (κ1) is 9.26. The molecular weight excluding hydrogens is 220 g/mol. The van der Waals surface area contributed by atoms with Crippen molar-refractivity contribution in [1.29, 1.82) is 0 Å². The fourth-order valence-electron chi connectivity index (χ4n) is 1.21. The zero-order valence-electron chi connectivity index (χ0n) is 6.45. The largest absolute Gasteiger partial charge is 0.492 e. The number of ketones is 1. The number of benzene rings is 1. The van der Waals surface area contributed by atoms with E-state index in [9.17, 15) is 4.79 Å². The number of carbonyl (C=O) groups is 1. The van der Waals surface area contributed by atoms with E-state index in [-0.39, 0.29) is 22.8 Å². The van der Waals surface area contributed by atoms with Crippen LogP contribution in [0.25, 0.3) is 0 Å². The van der Waals surface area contributed by atoms with Gasteiger partial charge in [0, 0.05) is 6.42 Å². The molecule has 0 amide bonds. The molecule has 0 fully saturated rings. The Hall–Kier alpha value is -0.830. The first-order valence-electron chi connectivity index (χ1n) is 3.63. The van der Waals surface area contributed by atoms with Gasteiger partial charge in [-0.1, -0.05) is 12.1 Å². The van der Waals surface area contributed by atoms with Crippen LogP contribution in [0.1, 0.15) is 16.8 Å². The van der Waals surface area contributed by atoms with Crippen molar-refractivity contribution in [1.82, 2.24) is 0 Å². The average Bonchev–Trinajstić information content (AvgIpc) is 2.06. The maximum absolute atomic E-state index is 11.2. The second-order valence-electron chi connectivity index (χ2n) is 2.52. The van der Waals surface area contributed by atoms with E-state index in [1.807, 2.05) is 18.2 Å². The first-order chi connectivity index (χ1) is 5.38. The summed E-state index contributed by atoms with van der Waals surface area (Å²) in [6.45, 7) is 0.524. The fraction of sp³-hybridized carbons (Fsp3) is 0.222. The summed E-state index contributed by atoms with van der Waals surface area (Å²) < 4.78 is 5.27. The van der Waals surface area contributed by atoms with E-state index < -0.39 is 0 Å². The molecule has 0 aromatic heterocycles. The van der Waals surface area contributed by atoms with E-state index in [1.165, 1.54) is 0 Å². The smallest absolute Gasteiger partial charge is 0.169 e. The highest BCUT2D eigenvalue weighted by Crippen LogP contribution is 2.23. The van der Waals surface area contributed by atoms with Crippen LogP contribution in [0.4, 0.5) is 0 Å². The normalized spacial score (nSPS) is 14.2. The van der Waals surface area contributed by atoms with Crippen molar-refractivity contribution in [3.63, 3.8) is 0 Å². The third-order valence-electron chi connectivity index (χ3n) is 1.77. The summed E-state index contributed by atoms with van der Waals surface area (Å²) in [6, 6.07) is 7.35. The zero-order valence-corrected chi connectivity index (χ0v) is 8.16. The Kier molecular flexibility index (Phi) is 2.87. The molecule has 1 aromatic carbocycles. The molecule has 3 heteroatoms. The molecule has 1 aliphatic rings. The van der Waals surface area contributed by atoms with Crippen LogP contribution in [0, 0.1) is 0 Å². The second-order valence-corrected chi connectivity index (χ2v) is 2.52. The van der Waals surface area contributed by atoms with Crippen molar-refractivity contribution >= 4 is 22.8 Å². The lowest BCUT2D eigenvalue weighted by atomic mass is 10.1. The van der Waals surface area contributed by atoms with Crippen molar-refractivity contribution in [2.45, 2.75) is 6.42 Å². The summed E-state index contributed by atoms with van der Waals surface area (Å²) in [4.78, 5) is 11.2. The molecule has 1 heterocycles. The van der Waals surface area contributed by atoms with Crippen molar-refractivity contribution < 1.29 is 9.53 Å². The van der Waals surface area contributed by atoms with E-state index in [0.29, 0.717) is 13.0 Å². The minimum atomic E-state index is 0. The third-order valence-corrected chi connectivity index (χ3v) is 1.77. The van der Waals surface area contributed by atoms with E-state index in [1.54, 1.807) is 6.07 Å². The van der Waals surface area contributed by atoms with Gasteiger partial charge in [-0.3, -0.25) is 4.79 Å². The zero-order chi connectivity index (χ0) is 7.68. The third kappa shape index (κ3) is 1.50.